The van der Waals surface area contributed by atoms with Crippen molar-refractivity contribution >= 4 is 23.5 Å². The van der Waals surface area contributed by atoms with Crippen molar-refractivity contribution in [3.05, 3.63) is 22.8 Å². The molecule has 0 aromatic carbocycles. The second-order valence-corrected chi connectivity index (χ2v) is 7.21. The molecule has 0 aromatic rings. The number of carbonyl (C=O) groups is 2. The van der Waals surface area contributed by atoms with Gasteiger partial charge in [0.1, 0.15) is 6.04 Å². The molecule has 3 heterocycles. The van der Waals surface area contributed by atoms with Crippen LogP contribution in [0.5, 0.6) is 0 Å². The number of Topliss-reactive ketones (excluding diaryl/α,β-unsaturated/α-hetero) is 1. The minimum absolute atomic E-state index is 0.196. The quantitative estimate of drug-likeness (QED) is 0.816. The van der Waals surface area contributed by atoms with E-state index in [1.165, 1.54) is 6.42 Å². The molecule has 0 saturated carbocycles. The standard InChI is InChI=1S/C15H20N2O3S/c16-15(19)10-5-13-14(17-7-10)12(18)6-11(21-13)4-9-2-1-3-20-8-9/h5,7,9,11,14,17H,1-4,6,8H2,(H2,16,19). The number of nitrogens with one attached hydrogen (secondary N) is 1. The lowest BCUT2D eigenvalue weighted by Gasteiger charge is -2.34. The number of ketones is 1. The minimum Gasteiger partial charge on any atom is -0.381 e. The van der Waals surface area contributed by atoms with Gasteiger partial charge in [-0.25, -0.2) is 0 Å². The van der Waals surface area contributed by atoms with Gasteiger partial charge in [-0.15, -0.1) is 11.8 Å². The van der Waals surface area contributed by atoms with E-state index in [0.29, 0.717) is 17.9 Å². The molecule has 3 aliphatic heterocycles. The van der Waals surface area contributed by atoms with Gasteiger partial charge >= 0.3 is 0 Å². The Morgan fingerprint density at radius 1 is 1.52 bits per heavy atom. The van der Waals surface area contributed by atoms with Gasteiger partial charge in [-0.1, -0.05) is 0 Å². The van der Waals surface area contributed by atoms with Crippen LogP contribution < -0.4 is 11.1 Å². The molecule has 114 valence electrons. The summed E-state index contributed by atoms with van der Waals surface area (Å²) in [4.78, 5) is 24.5. The molecule has 2 fully saturated rings. The first-order chi connectivity index (χ1) is 10.1. The van der Waals surface area contributed by atoms with Crippen molar-refractivity contribution in [2.75, 3.05) is 13.2 Å². The number of rotatable bonds is 3. The summed E-state index contributed by atoms with van der Waals surface area (Å²) in [5.41, 5.74) is 5.74. The topological polar surface area (TPSA) is 81.4 Å². The Morgan fingerprint density at radius 2 is 2.38 bits per heavy atom. The number of amides is 1. The second-order valence-electron chi connectivity index (χ2n) is 5.84. The van der Waals surface area contributed by atoms with Gasteiger partial charge in [0.15, 0.2) is 5.78 Å². The lowest BCUT2D eigenvalue weighted by molar-refractivity contribution is -0.120. The Kier molecular flexibility index (Phi) is 4.35. The molecule has 0 bridgehead atoms. The van der Waals surface area contributed by atoms with Gasteiger partial charge in [-0.2, -0.15) is 0 Å². The van der Waals surface area contributed by atoms with Crippen LogP contribution in [-0.4, -0.2) is 36.2 Å². The number of fused-ring (bicyclic) bond motifs is 1. The van der Waals surface area contributed by atoms with E-state index in [9.17, 15) is 9.59 Å². The van der Waals surface area contributed by atoms with Crippen LogP contribution in [0.15, 0.2) is 22.8 Å². The average Bonchev–Trinajstić information content (AvgIpc) is 2.47. The number of dihydropyridines is 1. The first-order valence-corrected chi connectivity index (χ1v) is 8.26. The van der Waals surface area contributed by atoms with Crippen LogP contribution in [0.3, 0.4) is 0 Å². The Bertz CT molecular complexity index is 509. The smallest absolute Gasteiger partial charge is 0.250 e. The highest BCUT2D eigenvalue weighted by molar-refractivity contribution is 8.03. The third kappa shape index (κ3) is 3.32. The molecular formula is C15H20N2O3S. The van der Waals surface area contributed by atoms with Crippen LogP contribution in [0.25, 0.3) is 0 Å². The van der Waals surface area contributed by atoms with E-state index in [1.807, 2.05) is 0 Å². The summed E-state index contributed by atoms with van der Waals surface area (Å²) in [6.45, 7) is 1.66. The summed E-state index contributed by atoms with van der Waals surface area (Å²) < 4.78 is 5.51. The molecule has 6 heteroatoms. The third-order valence-electron chi connectivity index (χ3n) is 4.18. The fourth-order valence-electron chi connectivity index (χ4n) is 3.10. The van der Waals surface area contributed by atoms with Gasteiger partial charge in [0, 0.05) is 36.0 Å². The van der Waals surface area contributed by atoms with Crippen LogP contribution >= 0.6 is 11.8 Å². The summed E-state index contributed by atoms with van der Waals surface area (Å²) in [6, 6.07) is -0.294. The Balaban J connectivity index is 1.68. The van der Waals surface area contributed by atoms with Gasteiger partial charge in [0.05, 0.1) is 5.57 Å². The molecule has 5 nitrogen and oxygen atoms in total. The predicted molar refractivity (Wildman–Crippen MR) is 81.4 cm³/mol. The monoisotopic (exact) mass is 308 g/mol. The van der Waals surface area contributed by atoms with E-state index in [0.717, 1.165) is 31.0 Å². The zero-order valence-corrected chi connectivity index (χ0v) is 12.7. The zero-order valence-electron chi connectivity index (χ0n) is 11.8. The minimum atomic E-state index is -0.468. The molecular weight excluding hydrogens is 288 g/mol. The first-order valence-electron chi connectivity index (χ1n) is 7.38. The number of ether oxygens (including phenoxy) is 1. The van der Waals surface area contributed by atoms with E-state index in [-0.39, 0.29) is 17.1 Å². The predicted octanol–water partition coefficient (Wildman–Crippen LogP) is 1.10. The van der Waals surface area contributed by atoms with E-state index < -0.39 is 5.91 Å². The average molecular weight is 308 g/mol. The van der Waals surface area contributed by atoms with Crippen LogP contribution in [0.4, 0.5) is 0 Å². The Morgan fingerprint density at radius 3 is 3.10 bits per heavy atom. The summed E-state index contributed by atoms with van der Waals surface area (Å²) >= 11 is 1.71. The number of hydrogen-bond donors (Lipinski definition) is 2. The normalized spacial score (nSPS) is 32.6. The summed E-state index contributed by atoms with van der Waals surface area (Å²) in [7, 11) is 0. The molecule has 2 saturated heterocycles. The lowest BCUT2D eigenvalue weighted by Crippen LogP contribution is -2.42. The molecule has 0 aromatic heterocycles. The van der Waals surface area contributed by atoms with Crippen molar-refractivity contribution in [2.45, 2.75) is 37.0 Å². The summed E-state index contributed by atoms with van der Waals surface area (Å²) in [5.74, 6) is 0.273. The molecule has 0 spiro atoms. The maximum absolute atomic E-state index is 12.3. The number of thioether (sulfide) groups is 1. The summed E-state index contributed by atoms with van der Waals surface area (Å²) in [5, 5.41) is 3.28. The number of carbonyl (C=O) groups excluding carboxylic acids is 2. The first kappa shape index (κ1) is 14.7. The van der Waals surface area contributed by atoms with E-state index in [1.54, 1.807) is 24.0 Å². The van der Waals surface area contributed by atoms with E-state index in [2.05, 4.69) is 5.32 Å². The number of nitrogens with two attached hydrogens (primary N) is 1. The van der Waals surface area contributed by atoms with Crippen molar-refractivity contribution in [2.24, 2.45) is 11.7 Å². The molecule has 21 heavy (non-hydrogen) atoms. The van der Waals surface area contributed by atoms with Gasteiger partial charge in [0.25, 0.3) is 0 Å². The highest BCUT2D eigenvalue weighted by Crippen LogP contribution is 2.39. The molecule has 3 N–H and O–H groups in total. The van der Waals surface area contributed by atoms with E-state index in [4.69, 9.17) is 10.5 Å². The van der Waals surface area contributed by atoms with Gasteiger partial charge in [-0.3, -0.25) is 9.59 Å². The van der Waals surface area contributed by atoms with Crippen molar-refractivity contribution < 1.29 is 14.3 Å². The van der Waals surface area contributed by atoms with Gasteiger partial charge in [0.2, 0.25) is 5.91 Å². The zero-order chi connectivity index (χ0) is 14.8. The maximum Gasteiger partial charge on any atom is 0.250 e. The fourth-order valence-corrected chi connectivity index (χ4v) is 4.63. The lowest BCUT2D eigenvalue weighted by atomic mass is 9.93. The SMILES string of the molecule is NC(=O)C1=CNC2C(=O)CC(CC3CCCOC3)SC2=C1. The highest BCUT2D eigenvalue weighted by atomic mass is 32.2. The maximum atomic E-state index is 12.3. The molecule has 0 aliphatic carbocycles. The fraction of sp³-hybridized carbons (Fsp3) is 0.600. The van der Waals surface area contributed by atoms with Crippen molar-refractivity contribution in [1.29, 1.82) is 0 Å². The molecule has 3 atom stereocenters. The molecule has 3 unspecified atom stereocenters. The molecule has 0 radical (unpaired) electrons. The Hall–Kier alpha value is -1.27. The second kappa shape index (κ2) is 6.23. The third-order valence-corrected chi connectivity index (χ3v) is 5.49. The van der Waals surface area contributed by atoms with Crippen LogP contribution in [0.1, 0.15) is 25.7 Å². The van der Waals surface area contributed by atoms with E-state index >= 15 is 0 Å². The molecule has 3 aliphatic rings. The van der Waals surface area contributed by atoms with Crippen LogP contribution in [0, 0.1) is 5.92 Å². The molecule has 3 rings (SSSR count). The van der Waals surface area contributed by atoms with Crippen LogP contribution in [-0.2, 0) is 14.3 Å². The van der Waals surface area contributed by atoms with Crippen molar-refractivity contribution in [3.8, 4) is 0 Å². The number of hydrogen-bond acceptors (Lipinski definition) is 5. The van der Waals surface area contributed by atoms with Crippen molar-refractivity contribution in [1.82, 2.24) is 5.32 Å². The largest absolute Gasteiger partial charge is 0.381 e. The van der Waals surface area contributed by atoms with Crippen LogP contribution in [0.2, 0.25) is 0 Å². The summed E-state index contributed by atoms with van der Waals surface area (Å²) in [6.07, 6.45) is 7.17. The molecule has 1 amide bonds. The highest BCUT2D eigenvalue weighted by Gasteiger charge is 2.35. The van der Waals surface area contributed by atoms with Gasteiger partial charge < -0.3 is 15.8 Å². The van der Waals surface area contributed by atoms with Crippen molar-refractivity contribution in [3.63, 3.8) is 0 Å². The van der Waals surface area contributed by atoms with Gasteiger partial charge in [-0.05, 0) is 31.3 Å². The number of primary amides is 1. The Labute approximate surface area is 128 Å².